The number of hydrogen-bond donors (Lipinski definition) is 9. The first-order chi connectivity index (χ1) is 29.0. The van der Waals surface area contributed by atoms with Crippen molar-refractivity contribution < 1.29 is 79.2 Å². The molecule has 8 aliphatic rings. The van der Waals surface area contributed by atoms with Crippen LogP contribution in [0.15, 0.2) is 11.6 Å². The number of aliphatic hydroxyl groups is 8. The summed E-state index contributed by atoms with van der Waals surface area (Å²) in [7, 11) is 0. The van der Waals surface area contributed by atoms with Crippen LogP contribution < -0.4 is 0 Å². The lowest BCUT2D eigenvalue weighted by molar-refractivity contribution is -0.379. The minimum Gasteiger partial charge on any atom is -0.481 e. The van der Waals surface area contributed by atoms with Gasteiger partial charge in [0.15, 0.2) is 18.9 Å². The number of ether oxygens (including phenoxy) is 6. The molecule has 5 aliphatic carbocycles. The number of rotatable bonds is 8. The van der Waals surface area contributed by atoms with Gasteiger partial charge < -0.3 is 74.4 Å². The zero-order valence-corrected chi connectivity index (χ0v) is 37.5. The lowest BCUT2D eigenvalue weighted by atomic mass is 9.33. The molecule has 7 fully saturated rings. The molecule has 3 saturated heterocycles. The molecular formula is C46H74O16. The zero-order valence-electron chi connectivity index (χ0n) is 37.5. The standard InChI is InChI=1S/C46H74O16/c1-22-30(50)35(61-37-33(53)31(51)25(48)19-57-37)34(54)38(59-22)62-36-32(52)26(49)20-58-39(36)60-29-11-12-42(4)27(43(29,5)21-47)10-13-45(7)28(42)9-8-23-24-18-41(2,3)14-16-46(24,40(55)56)17-15-44(23,45)6/h8,22,24-39,47-54H,9-21H2,1-7H3,(H,55,56)/t22-,24-,25+,26+,27+,28+,29-,30-,31-,32-,33+,34+,35+,36+,37-,38-,39-,42-,43-,44+,45+,46-/m0/s1. The molecule has 0 bridgehead atoms. The van der Waals surface area contributed by atoms with Crippen molar-refractivity contribution in [2.45, 2.75) is 199 Å². The molecule has 0 aromatic carbocycles. The second kappa shape index (κ2) is 16.5. The quantitative estimate of drug-likeness (QED) is 0.125. The van der Waals surface area contributed by atoms with E-state index in [1.165, 1.54) is 12.5 Å². The highest BCUT2D eigenvalue weighted by Gasteiger charge is 2.70. The molecule has 62 heavy (non-hydrogen) atoms. The van der Waals surface area contributed by atoms with E-state index in [1.807, 2.05) is 0 Å². The molecule has 0 unspecified atom stereocenters. The Morgan fingerprint density at radius 1 is 0.710 bits per heavy atom. The fourth-order valence-corrected chi connectivity index (χ4v) is 14.5. The number of carbonyl (C=O) groups is 1. The molecule has 354 valence electrons. The second-order valence-electron chi connectivity index (χ2n) is 22.4. The van der Waals surface area contributed by atoms with E-state index >= 15 is 0 Å². The summed E-state index contributed by atoms with van der Waals surface area (Å²) in [6.45, 7) is 14.5. The molecule has 16 nitrogen and oxygen atoms in total. The molecule has 3 heterocycles. The molecule has 4 saturated carbocycles. The third-order valence-electron chi connectivity index (χ3n) is 18.7. The summed E-state index contributed by atoms with van der Waals surface area (Å²) in [6, 6.07) is 0. The normalized spacial score (nSPS) is 55.1. The number of aliphatic carboxylic acids is 1. The summed E-state index contributed by atoms with van der Waals surface area (Å²) in [4.78, 5) is 13.1. The highest BCUT2D eigenvalue weighted by atomic mass is 16.8. The number of hydrogen-bond acceptors (Lipinski definition) is 15. The van der Waals surface area contributed by atoms with Crippen LogP contribution in [-0.2, 0) is 33.2 Å². The summed E-state index contributed by atoms with van der Waals surface area (Å²) in [5.74, 6) is -0.342. The van der Waals surface area contributed by atoms with E-state index in [1.54, 1.807) is 0 Å². The molecule has 8 rings (SSSR count). The number of fused-ring (bicyclic) bond motifs is 7. The van der Waals surface area contributed by atoms with Gasteiger partial charge in [0.2, 0.25) is 0 Å². The largest absolute Gasteiger partial charge is 0.481 e. The molecule has 9 N–H and O–H groups in total. The molecule has 22 atom stereocenters. The summed E-state index contributed by atoms with van der Waals surface area (Å²) >= 11 is 0. The van der Waals surface area contributed by atoms with Gasteiger partial charge in [-0.2, -0.15) is 0 Å². The lowest BCUT2D eigenvalue weighted by Gasteiger charge is -2.71. The molecule has 0 aromatic rings. The van der Waals surface area contributed by atoms with Crippen molar-refractivity contribution in [3.63, 3.8) is 0 Å². The van der Waals surface area contributed by atoms with Crippen molar-refractivity contribution in [2.24, 2.45) is 50.2 Å². The monoisotopic (exact) mass is 882 g/mol. The van der Waals surface area contributed by atoms with Crippen LogP contribution in [0.4, 0.5) is 0 Å². The second-order valence-corrected chi connectivity index (χ2v) is 22.4. The Balaban J connectivity index is 1.02. The number of aliphatic hydroxyl groups excluding tert-OH is 8. The average molecular weight is 883 g/mol. The molecule has 0 radical (unpaired) electrons. The summed E-state index contributed by atoms with van der Waals surface area (Å²) in [6.07, 6.45) is -9.19. The van der Waals surface area contributed by atoms with Crippen molar-refractivity contribution in [1.29, 1.82) is 0 Å². The fourth-order valence-electron chi connectivity index (χ4n) is 14.5. The predicted molar refractivity (Wildman–Crippen MR) is 219 cm³/mol. The molecule has 3 aliphatic heterocycles. The van der Waals surface area contributed by atoms with Crippen molar-refractivity contribution in [1.82, 2.24) is 0 Å². The van der Waals surface area contributed by atoms with Gasteiger partial charge >= 0.3 is 5.97 Å². The molecule has 0 amide bonds. The van der Waals surface area contributed by atoms with Gasteiger partial charge in [-0.25, -0.2) is 0 Å². The van der Waals surface area contributed by atoms with Gasteiger partial charge in [0, 0.05) is 5.41 Å². The van der Waals surface area contributed by atoms with E-state index < -0.39 is 103 Å². The van der Waals surface area contributed by atoms with Crippen LogP contribution in [0.1, 0.15) is 113 Å². The van der Waals surface area contributed by atoms with Crippen molar-refractivity contribution in [3.8, 4) is 0 Å². The van der Waals surface area contributed by atoms with E-state index in [0.717, 1.165) is 44.9 Å². The summed E-state index contributed by atoms with van der Waals surface area (Å²) in [5.41, 5.74) is -0.519. The maximum Gasteiger partial charge on any atom is 0.310 e. The molecular weight excluding hydrogens is 808 g/mol. The van der Waals surface area contributed by atoms with Gasteiger partial charge in [0.25, 0.3) is 0 Å². The molecule has 0 spiro atoms. The van der Waals surface area contributed by atoms with E-state index in [9.17, 15) is 50.8 Å². The van der Waals surface area contributed by atoms with Crippen molar-refractivity contribution in [2.75, 3.05) is 19.8 Å². The Bertz CT molecular complexity index is 1690. The molecule has 0 aromatic heterocycles. The SMILES string of the molecule is C[C@@H]1O[C@@H](O[C@H]2[C@H](O[C@H]3CC[C@@]4(C)[C@@H](CC[C@]5(C)[C@@H]4CC=C4[C@@H]6CC(C)(C)CC[C@]6(C(=O)O)CC[C@]45C)[C@]3(C)CO)OC[C@@H](O)[C@@H]2O)[C@H](O)[C@H](O[C@@H]2OC[C@@H](O)[C@H](O)[C@H]2O)[C@H]1O. The van der Waals surface area contributed by atoms with Gasteiger partial charge in [-0.3, -0.25) is 4.79 Å². The van der Waals surface area contributed by atoms with Gasteiger partial charge in [0.1, 0.15) is 54.9 Å². The highest BCUT2D eigenvalue weighted by molar-refractivity contribution is 5.76. The summed E-state index contributed by atoms with van der Waals surface area (Å²) < 4.78 is 36.0. The maximum atomic E-state index is 13.1. The Hall–Kier alpha value is -1.35. The van der Waals surface area contributed by atoms with Gasteiger partial charge in [-0.15, -0.1) is 0 Å². The highest BCUT2D eigenvalue weighted by Crippen LogP contribution is 2.76. The first kappa shape index (κ1) is 47.2. The fraction of sp³-hybridized carbons (Fsp3) is 0.935. The van der Waals surface area contributed by atoms with E-state index in [2.05, 4.69) is 47.6 Å². The third-order valence-corrected chi connectivity index (χ3v) is 18.7. The first-order valence-corrected chi connectivity index (χ1v) is 23.1. The van der Waals surface area contributed by atoms with Gasteiger partial charge in [0.05, 0.1) is 37.4 Å². The maximum absolute atomic E-state index is 13.1. The average Bonchev–Trinajstić information content (AvgIpc) is 3.21. The van der Waals surface area contributed by atoms with Crippen molar-refractivity contribution in [3.05, 3.63) is 11.6 Å². The number of carboxylic acid groups (broad SMARTS) is 1. The zero-order chi connectivity index (χ0) is 45.1. The van der Waals surface area contributed by atoms with Crippen LogP contribution in [0, 0.1) is 50.2 Å². The smallest absolute Gasteiger partial charge is 0.310 e. The van der Waals surface area contributed by atoms with Crippen LogP contribution in [0.3, 0.4) is 0 Å². The Morgan fingerprint density at radius 2 is 1.35 bits per heavy atom. The minimum absolute atomic E-state index is 0.00631. The molecule has 16 heteroatoms. The first-order valence-electron chi connectivity index (χ1n) is 23.1. The third kappa shape index (κ3) is 7.19. The predicted octanol–water partition coefficient (Wildman–Crippen LogP) is 1.98. The van der Waals surface area contributed by atoms with Crippen LogP contribution >= 0.6 is 0 Å². The number of allylic oxidation sites excluding steroid dienone is 2. The van der Waals surface area contributed by atoms with Crippen LogP contribution in [0.2, 0.25) is 0 Å². The van der Waals surface area contributed by atoms with Crippen LogP contribution in [0.5, 0.6) is 0 Å². The number of carboxylic acids is 1. The van der Waals surface area contributed by atoms with E-state index in [-0.39, 0.29) is 59.2 Å². The van der Waals surface area contributed by atoms with Gasteiger partial charge in [-0.05, 0) is 111 Å². The van der Waals surface area contributed by atoms with Gasteiger partial charge in [-0.1, -0.05) is 53.2 Å². The van der Waals surface area contributed by atoms with E-state index in [4.69, 9.17) is 28.4 Å². The summed E-state index contributed by atoms with van der Waals surface area (Å²) in [5, 5.41) is 97.4. The minimum atomic E-state index is -1.73. The Labute approximate surface area is 364 Å². The van der Waals surface area contributed by atoms with E-state index in [0.29, 0.717) is 19.3 Å². The Kier molecular flexibility index (Phi) is 12.5. The Morgan fingerprint density at radius 3 is 2.03 bits per heavy atom. The topological polar surface area (TPSA) is 255 Å². The lowest BCUT2D eigenvalue weighted by Crippen LogP contribution is -2.67. The van der Waals surface area contributed by atoms with Crippen molar-refractivity contribution >= 4 is 5.97 Å². The van der Waals surface area contributed by atoms with Crippen LogP contribution in [-0.4, -0.2) is 158 Å². The van der Waals surface area contributed by atoms with Crippen LogP contribution in [0.25, 0.3) is 0 Å².